The summed E-state index contributed by atoms with van der Waals surface area (Å²) in [5, 5.41) is 16.8. The minimum atomic E-state index is -1.68. The number of carbonyl (C=O) groups is 3. The molecule has 0 saturated carbocycles. The third-order valence-electron chi connectivity index (χ3n) is 11.6. The summed E-state index contributed by atoms with van der Waals surface area (Å²) in [6.45, 7) is 0.213. The molecule has 2 amide bonds. The molecule has 5 aromatic carbocycles. The maximum Gasteiger partial charge on any atom is 0.324 e. The lowest BCUT2D eigenvalue weighted by atomic mass is 9.65. The number of aromatic nitrogens is 1. The molecule has 4 heterocycles. The van der Waals surface area contributed by atoms with E-state index in [1.807, 2.05) is 120 Å². The molecule has 9 rings (SSSR count). The molecule has 292 valence electrons. The van der Waals surface area contributed by atoms with Crippen LogP contribution in [0.4, 0.5) is 5.69 Å². The number of pyridine rings is 1. The molecule has 0 unspecified atom stereocenters. The van der Waals surface area contributed by atoms with Crippen LogP contribution in [0.15, 0.2) is 152 Å². The van der Waals surface area contributed by atoms with Crippen molar-refractivity contribution in [2.24, 2.45) is 5.92 Å². The predicted molar refractivity (Wildman–Crippen MR) is 221 cm³/mol. The molecule has 59 heavy (non-hydrogen) atoms. The van der Waals surface area contributed by atoms with E-state index < -0.39 is 53.3 Å². The van der Waals surface area contributed by atoms with Crippen molar-refractivity contribution in [2.75, 3.05) is 19.0 Å². The van der Waals surface area contributed by atoms with Gasteiger partial charge < -0.3 is 25.2 Å². The second-order valence-corrected chi connectivity index (χ2v) is 14.9. The number of hydrogen-bond donors (Lipinski definition) is 3. The van der Waals surface area contributed by atoms with Crippen LogP contribution in [0.2, 0.25) is 0 Å². The molecule has 10 nitrogen and oxygen atoms in total. The summed E-state index contributed by atoms with van der Waals surface area (Å²) in [6.07, 6.45) is 1.34. The van der Waals surface area contributed by atoms with E-state index in [2.05, 4.69) is 27.5 Å². The summed E-state index contributed by atoms with van der Waals surface area (Å²) < 4.78 is 11.8. The monoisotopic (exact) mass is 780 g/mol. The molecule has 2 fully saturated rings. The fourth-order valence-corrected chi connectivity index (χ4v) is 9.12. The summed E-state index contributed by atoms with van der Waals surface area (Å²) in [5.41, 5.74) is 3.78. The Hall–Kier alpha value is -7.22. The molecule has 0 aliphatic carbocycles. The lowest BCUT2D eigenvalue weighted by molar-refractivity contribution is -0.178. The Kier molecular flexibility index (Phi) is 9.89. The first-order valence-electron chi connectivity index (χ1n) is 19.5. The molecule has 6 aromatic rings. The summed E-state index contributed by atoms with van der Waals surface area (Å²) >= 11 is 0. The number of phenolic OH excluding ortho intramolecular Hbond substituents is 1. The maximum absolute atomic E-state index is 15.3. The van der Waals surface area contributed by atoms with Crippen molar-refractivity contribution in [1.82, 2.24) is 15.2 Å². The highest BCUT2D eigenvalue weighted by Gasteiger charge is 2.74. The number of rotatable bonds is 8. The number of methoxy groups -OCH3 is 1. The zero-order chi connectivity index (χ0) is 40.5. The van der Waals surface area contributed by atoms with Gasteiger partial charge in [0.15, 0.2) is 0 Å². The van der Waals surface area contributed by atoms with Crippen molar-refractivity contribution in [3.05, 3.63) is 191 Å². The second kappa shape index (κ2) is 15.6. The molecule has 10 heteroatoms. The van der Waals surface area contributed by atoms with Gasteiger partial charge in [0.25, 0.3) is 0 Å². The number of carbonyl (C=O) groups excluding carboxylic acids is 3. The van der Waals surface area contributed by atoms with Crippen LogP contribution in [0.25, 0.3) is 0 Å². The number of cyclic esters (lactones) is 1. The number of benzene rings is 5. The van der Waals surface area contributed by atoms with E-state index in [4.69, 9.17) is 9.47 Å². The standard InChI is InChI=1S/C49H40N4O6/c1-58-38-24-17-31(18-25-38)15-16-32-19-26-40-39(30-32)49(48(57)52-40)41(46(55)51-29-27-36-14-8-9-28-50-36)43-47(56)59-44(34-12-6-3-7-13-34)42(33-10-4-2-5-11-33)53(43)45(49)35-20-22-37(54)23-21-35/h2-14,17-26,28,30,41-45,54H,27,29H2,1H3,(H,51,55)(H,52,57)/t41-,42-,43-,44+,45+,49-/m0/s1. The van der Waals surface area contributed by atoms with Gasteiger partial charge >= 0.3 is 5.97 Å². The Morgan fingerprint density at radius 2 is 1.49 bits per heavy atom. The summed E-state index contributed by atoms with van der Waals surface area (Å²) in [4.78, 5) is 51.9. The van der Waals surface area contributed by atoms with Crippen molar-refractivity contribution >= 4 is 23.5 Å². The number of morpholine rings is 1. The number of ether oxygens (including phenoxy) is 2. The molecule has 0 radical (unpaired) electrons. The van der Waals surface area contributed by atoms with Gasteiger partial charge in [-0.3, -0.25) is 24.3 Å². The van der Waals surface area contributed by atoms with Crippen LogP contribution in [-0.4, -0.2) is 52.5 Å². The van der Waals surface area contributed by atoms with Crippen molar-refractivity contribution in [3.8, 4) is 23.3 Å². The average molecular weight is 781 g/mol. The first-order valence-corrected chi connectivity index (χ1v) is 19.5. The van der Waals surface area contributed by atoms with E-state index in [-0.39, 0.29) is 12.3 Å². The quantitative estimate of drug-likeness (QED) is 0.113. The third kappa shape index (κ3) is 6.65. The van der Waals surface area contributed by atoms with Crippen LogP contribution in [0, 0.1) is 17.8 Å². The number of esters is 1. The molecule has 6 atom stereocenters. The number of amides is 2. The molecule has 1 spiro atoms. The highest BCUT2D eigenvalue weighted by atomic mass is 16.6. The van der Waals surface area contributed by atoms with E-state index in [9.17, 15) is 9.90 Å². The van der Waals surface area contributed by atoms with Gasteiger partial charge in [-0.1, -0.05) is 90.7 Å². The largest absolute Gasteiger partial charge is 0.508 e. The van der Waals surface area contributed by atoms with Crippen molar-refractivity contribution in [3.63, 3.8) is 0 Å². The SMILES string of the molecule is COc1ccc(C#Cc2ccc3c(c2)[C@]2(C(=O)N3)[C@H](C(=O)NCCc3ccccn3)[C@H]3C(=O)O[C@H](c4ccccc4)[C@H](c4ccccc4)N3[C@@H]2c2ccc(O)cc2)cc1. The molecule has 2 saturated heterocycles. The number of anilines is 1. The fourth-order valence-electron chi connectivity index (χ4n) is 9.12. The van der Waals surface area contributed by atoms with Crippen LogP contribution in [0.5, 0.6) is 11.5 Å². The van der Waals surface area contributed by atoms with Crippen LogP contribution in [0.3, 0.4) is 0 Å². The van der Waals surface area contributed by atoms with Gasteiger partial charge in [-0.2, -0.15) is 0 Å². The average Bonchev–Trinajstić information content (AvgIpc) is 3.75. The molecule has 3 aliphatic rings. The molecule has 3 aliphatic heterocycles. The lowest BCUT2D eigenvalue weighted by Gasteiger charge is -2.46. The van der Waals surface area contributed by atoms with Crippen LogP contribution in [-0.2, 0) is 31.0 Å². The van der Waals surface area contributed by atoms with E-state index in [1.165, 1.54) is 0 Å². The first-order chi connectivity index (χ1) is 28.9. The lowest BCUT2D eigenvalue weighted by Crippen LogP contribution is -2.55. The number of nitrogens with zero attached hydrogens (tertiary/aromatic N) is 2. The first kappa shape index (κ1) is 37.4. The Bertz CT molecular complexity index is 2580. The van der Waals surface area contributed by atoms with Gasteiger partial charge in [-0.25, -0.2) is 0 Å². The number of aromatic hydroxyl groups is 1. The number of fused-ring (bicyclic) bond motifs is 3. The summed E-state index contributed by atoms with van der Waals surface area (Å²) in [7, 11) is 1.61. The third-order valence-corrected chi connectivity index (χ3v) is 11.6. The minimum Gasteiger partial charge on any atom is -0.508 e. The highest BCUT2D eigenvalue weighted by molar-refractivity contribution is 6.12. The summed E-state index contributed by atoms with van der Waals surface area (Å²) in [6, 6.07) is 41.7. The Labute approximate surface area is 341 Å². The molecule has 0 bridgehead atoms. The van der Waals surface area contributed by atoms with Crippen molar-refractivity contribution in [1.29, 1.82) is 0 Å². The van der Waals surface area contributed by atoms with Gasteiger partial charge in [0, 0.05) is 41.7 Å². The number of hydrogen-bond acceptors (Lipinski definition) is 8. The van der Waals surface area contributed by atoms with E-state index in [0.29, 0.717) is 34.5 Å². The molecular formula is C49H40N4O6. The normalized spacial score (nSPS) is 23.0. The molecular weight excluding hydrogens is 741 g/mol. The van der Waals surface area contributed by atoms with Crippen molar-refractivity contribution < 1.29 is 29.0 Å². The van der Waals surface area contributed by atoms with E-state index >= 15 is 9.59 Å². The predicted octanol–water partition coefficient (Wildman–Crippen LogP) is 6.83. The van der Waals surface area contributed by atoms with Gasteiger partial charge in [0.2, 0.25) is 11.8 Å². The topological polar surface area (TPSA) is 130 Å². The molecule has 3 N–H and O–H groups in total. The minimum absolute atomic E-state index is 0.0355. The Morgan fingerprint density at radius 1 is 0.814 bits per heavy atom. The zero-order valence-electron chi connectivity index (χ0n) is 32.1. The van der Waals surface area contributed by atoms with Crippen LogP contribution < -0.4 is 15.4 Å². The number of phenols is 1. The van der Waals surface area contributed by atoms with Gasteiger partial charge in [0.1, 0.15) is 29.1 Å². The van der Waals surface area contributed by atoms with Gasteiger partial charge in [0.05, 0.1) is 25.1 Å². The smallest absolute Gasteiger partial charge is 0.324 e. The fraction of sp³-hybridized carbons (Fsp3) is 0.184. The van der Waals surface area contributed by atoms with E-state index in [1.54, 1.807) is 43.6 Å². The van der Waals surface area contributed by atoms with E-state index in [0.717, 1.165) is 22.4 Å². The molecule has 1 aromatic heterocycles. The Balaban J connectivity index is 1.26. The highest BCUT2D eigenvalue weighted by Crippen LogP contribution is 2.64. The maximum atomic E-state index is 15.3. The van der Waals surface area contributed by atoms with Gasteiger partial charge in [-0.05, 0) is 89.0 Å². The van der Waals surface area contributed by atoms with Crippen molar-refractivity contribution in [2.45, 2.75) is 36.1 Å². The Morgan fingerprint density at radius 3 is 2.19 bits per heavy atom. The zero-order valence-corrected chi connectivity index (χ0v) is 32.1. The van der Waals surface area contributed by atoms with Crippen LogP contribution in [0.1, 0.15) is 57.3 Å². The van der Waals surface area contributed by atoms with Gasteiger partial charge in [-0.15, -0.1) is 0 Å². The second-order valence-electron chi connectivity index (χ2n) is 14.9. The summed E-state index contributed by atoms with van der Waals surface area (Å²) in [5.74, 6) is 4.44. The number of nitrogens with one attached hydrogen (secondary N) is 2. The van der Waals surface area contributed by atoms with Crippen LogP contribution >= 0.6 is 0 Å².